The standard InChI is InChI=1S/C15H22N2O2.ClH/c1-11(2)13-5-3-12(4-6-13)9-17-15(18)14-10-16-7-8-19-14;/h3-6,11,14,16H,7-10H2,1-2H3,(H,17,18);1H. The van der Waals surface area contributed by atoms with Crippen LogP contribution in [0.15, 0.2) is 24.3 Å². The Hall–Kier alpha value is -1.10. The fourth-order valence-electron chi connectivity index (χ4n) is 2.06. The molecule has 1 saturated heterocycles. The maximum atomic E-state index is 11.9. The van der Waals surface area contributed by atoms with Crippen LogP contribution in [0.25, 0.3) is 0 Å². The summed E-state index contributed by atoms with van der Waals surface area (Å²) in [5.74, 6) is 0.491. The van der Waals surface area contributed by atoms with Crippen molar-refractivity contribution in [3.05, 3.63) is 35.4 Å². The first-order valence-corrected chi connectivity index (χ1v) is 6.85. The van der Waals surface area contributed by atoms with Crippen LogP contribution in [-0.4, -0.2) is 31.7 Å². The molecule has 1 atom stereocenters. The average Bonchev–Trinajstić information content (AvgIpc) is 2.46. The molecule has 0 aromatic heterocycles. The summed E-state index contributed by atoms with van der Waals surface area (Å²) in [6.45, 7) is 6.91. The predicted molar refractivity (Wildman–Crippen MR) is 82.2 cm³/mol. The molecule has 5 heteroatoms. The van der Waals surface area contributed by atoms with Crippen LogP contribution in [0.5, 0.6) is 0 Å². The van der Waals surface area contributed by atoms with E-state index in [1.807, 2.05) is 0 Å². The third kappa shape index (κ3) is 4.78. The number of carbonyl (C=O) groups is 1. The molecule has 20 heavy (non-hydrogen) atoms. The van der Waals surface area contributed by atoms with E-state index >= 15 is 0 Å². The summed E-state index contributed by atoms with van der Waals surface area (Å²) >= 11 is 0. The van der Waals surface area contributed by atoms with Crippen LogP contribution in [0, 0.1) is 0 Å². The van der Waals surface area contributed by atoms with Crippen LogP contribution < -0.4 is 10.6 Å². The highest BCUT2D eigenvalue weighted by atomic mass is 35.5. The number of hydrogen-bond acceptors (Lipinski definition) is 3. The highest BCUT2D eigenvalue weighted by molar-refractivity contribution is 5.85. The first kappa shape index (κ1) is 17.0. The first-order chi connectivity index (χ1) is 9.16. The van der Waals surface area contributed by atoms with Crippen molar-refractivity contribution < 1.29 is 9.53 Å². The van der Waals surface area contributed by atoms with E-state index in [0.717, 1.165) is 12.1 Å². The van der Waals surface area contributed by atoms with Crippen LogP contribution in [-0.2, 0) is 16.1 Å². The van der Waals surface area contributed by atoms with Gasteiger partial charge in [0.1, 0.15) is 6.10 Å². The Balaban J connectivity index is 0.00000200. The number of amides is 1. The third-order valence-corrected chi connectivity index (χ3v) is 3.33. The summed E-state index contributed by atoms with van der Waals surface area (Å²) in [5, 5.41) is 6.06. The van der Waals surface area contributed by atoms with Gasteiger partial charge in [0.15, 0.2) is 0 Å². The largest absolute Gasteiger partial charge is 0.366 e. The van der Waals surface area contributed by atoms with Gasteiger partial charge < -0.3 is 15.4 Å². The summed E-state index contributed by atoms with van der Waals surface area (Å²) in [7, 11) is 0. The second-order valence-corrected chi connectivity index (χ2v) is 5.18. The summed E-state index contributed by atoms with van der Waals surface area (Å²) in [5.41, 5.74) is 2.43. The number of morpholine rings is 1. The molecule has 1 heterocycles. The van der Waals surface area contributed by atoms with Crippen molar-refractivity contribution in [2.24, 2.45) is 0 Å². The van der Waals surface area contributed by atoms with E-state index in [1.54, 1.807) is 0 Å². The molecule has 4 nitrogen and oxygen atoms in total. The Bertz CT molecular complexity index is 414. The maximum Gasteiger partial charge on any atom is 0.250 e. The summed E-state index contributed by atoms with van der Waals surface area (Å²) in [4.78, 5) is 11.9. The van der Waals surface area contributed by atoms with Crippen molar-refractivity contribution in [1.29, 1.82) is 0 Å². The van der Waals surface area contributed by atoms with Crippen molar-refractivity contribution in [2.75, 3.05) is 19.7 Å². The Labute approximate surface area is 126 Å². The molecule has 0 aliphatic carbocycles. The maximum absolute atomic E-state index is 11.9. The van der Waals surface area contributed by atoms with E-state index in [1.165, 1.54) is 5.56 Å². The smallest absolute Gasteiger partial charge is 0.250 e. The SMILES string of the molecule is CC(C)c1ccc(CNC(=O)C2CNCCO2)cc1.Cl. The number of halogens is 1. The zero-order chi connectivity index (χ0) is 13.7. The molecule has 1 aliphatic rings. The second-order valence-electron chi connectivity index (χ2n) is 5.18. The average molecular weight is 299 g/mol. The summed E-state index contributed by atoms with van der Waals surface area (Å²) in [6, 6.07) is 8.36. The van der Waals surface area contributed by atoms with Gasteiger partial charge in [-0.3, -0.25) is 4.79 Å². The lowest BCUT2D eigenvalue weighted by atomic mass is 10.0. The number of carbonyl (C=O) groups excluding carboxylic acids is 1. The number of benzene rings is 1. The fraction of sp³-hybridized carbons (Fsp3) is 0.533. The minimum absolute atomic E-state index is 0. The van der Waals surface area contributed by atoms with E-state index in [9.17, 15) is 4.79 Å². The minimum Gasteiger partial charge on any atom is -0.366 e. The Kier molecular flexibility index (Phi) is 6.99. The van der Waals surface area contributed by atoms with E-state index < -0.39 is 0 Å². The van der Waals surface area contributed by atoms with Gasteiger partial charge in [-0.15, -0.1) is 12.4 Å². The van der Waals surface area contributed by atoms with E-state index in [4.69, 9.17) is 4.74 Å². The molecule has 1 unspecified atom stereocenters. The van der Waals surface area contributed by atoms with Crippen LogP contribution in [0.3, 0.4) is 0 Å². The lowest BCUT2D eigenvalue weighted by Crippen LogP contribution is -2.47. The van der Waals surface area contributed by atoms with Gasteiger partial charge in [0.2, 0.25) is 0 Å². The van der Waals surface area contributed by atoms with Crippen LogP contribution >= 0.6 is 12.4 Å². The third-order valence-electron chi connectivity index (χ3n) is 3.33. The van der Waals surface area contributed by atoms with Crippen molar-refractivity contribution in [3.8, 4) is 0 Å². The molecule has 0 radical (unpaired) electrons. The molecular formula is C15H23ClN2O2. The van der Waals surface area contributed by atoms with Crippen molar-refractivity contribution in [3.63, 3.8) is 0 Å². The molecular weight excluding hydrogens is 276 g/mol. The van der Waals surface area contributed by atoms with Crippen molar-refractivity contribution in [2.45, 2.75) is 32.4 Å². The number of rotatable bonds is 4. The summed E-state index contributed by atoms with van der Waals surface area (Å²) < 4.78 is 5.40. The molecule has 2 N–H and O–H groups in total. The molecule has 0 spiro atoms. The zero-order valence-electron chi connectivity index (χ0n) is 12.0. The molecule has 1 amide bonds. The van der Waals surface area contributed by atoms with Crippen LogP contribution in [0.4, 0.5) is 0 Å². The fourth-order valence-corrected chi connectivity index (χ4v) is 2.06. The second kappa shape index (κ2) is 8.25. The highest BCUT2D eigenvalue weighted by Gasteiger charge is 2.21. The van der Waals surface area contributed by atoms with Crippen molar-refractivity contribution >= 4 is 18.3 Å². The zero-order valence-corrected chi connectivity index (χ0v) is 12.8. The van der Waals surface area contributed by atoms with Gasteiger partial charge in [0.25, 0.3) is 5.91 Å². The Morgan fingerprint density at radius 1 is 1.40 bits per heavy atom. The van der Waals surface area contributed by atoms with Gasteiger partial charge in [-0.05, 0) is 17.0 Å². The molecule has 1 aromatic rings. The molecule has 1 aromatic carbocycles. The van der Waals surface area contributed by atoms with Gasteiger partial charge in [0.05, 0.1) is 6.61 Å². The van der Waals surface area contributed by atoms with E-state index in [0.29, 0.717) is 25.6 Å². The van der Waals surface area contributed by atoms with Crippen LogP contribution in [0.2, 0.25) is 0 Å². The normalized spacial score (nSPS) is 18.4. The quantitative estimate of drug-likeness (QED) is 0.892. The first-order valence-electron chi connectivity index (χ1n) is 6.85. The Morgan fingerprint density at radius 2 is 2.10 bits per heavy atom. The van der Waals surface area contributed by atoms with E-state index in [-0.39, 0.29) is 24.4 Å². The molecule has 2 rings (SSSR count). The molecule has 0 bridgehead atoms. The number of ether oxygens (including phenoxy) is 1. The molecule has 0 saturated carbocycles. The van der Waals surface area contributed by atoms with Gasteiger partial charge in [-0.2, -0.15) is 0 Å². The van der Waals surface area contributed by atoms with Gasteiger partial charge in [-0.25, -0.2) is 0 Å². The molecule has 112 valence electrons. The number of nitrogens with one attached hydrogen (secondary N) is 2. The van der Waals surface area contributed by atoms with E-state index in [2.05, 4.69) is 48.7 Å². The minimum atomic E-state index is -0.358. The topological polar surface area (TPSA) is 50.4 Å². The Morgan fingerprint density at radius 3 is 2.65 bits per heavy atom. The molecule has 1 aliphatic heterocycles. The lowest BCUT2D eigenvalue weighted by Gasteiger charge is -2.22. The number of hydrogen-bond donors (Lipinski definition) is 2. The highest BCUT2D eigenvalue weighted by Crippen LogP contribution is 2.14. The predicted octanol–water partition coefficient (Wildman–Crippen LogP) is 1.84. The van der Waals surface area contributed by atoms with Crippen molar-refractivity contribution in [1.82, 2.24) is 10.6 Å². The monoisotopic (exact) mass is 298 g/mol. The summed E-state index contributed by atoms with van der Waals surface area (Å²) in [6.07, 6.45) is -0.358. The van der Waals surface area contributed by atoms with Gasteiger partial charge in [0, 0.05) is 19.6 Å². The van der Waals surface area contributed by atoms with Gasteiger partial charge >= 0.3 is 0 Å². The van der Waals surface area contributed by atoms with Crippen LogP contribution in [0.1, 0.15) is 30.9 Å². The van der Waals surface area contributed by atoms with Gasteiger partial charge in [-0.1, -0.05) is 38.1 Å². The lowest BCUT2D eigenvalue weighted by molar-refractivity contribution is -0.134. The molecule has 1 fully saturated rings.